The molecule has 3 aromatic heterocycles. The van der Waals surface area contributed by atoms with Gasteiger partial charge in [-0.05, 0) is 78.4 Å². The predicted molar refractivity (Wildman–Crippen MR) is 239 cm³/mol. The average Bonchev–Trinajstić information content (AvgIpc) is 3.52. The standard InChI is InChI=1S/C52H49N4O.Pt/c1-29(2)35-23-40(30(3)4)46(41(24-35)31(5)6)37-22-34-20-19-33-21-36-25-45(52(7,8)9)44-28-56-49(39-18-14-13-17-38(39)32-15-11-10-12-16-32)55-51(57)50(56)54-48(44)43(36)26-42(33)47(34)53-27-37;/h10-25,27-31,57H,1-9H3;/q-1;. The van der Waals surface area contributed by atoms with Gasteiger partial charge in [0.1, 0.15) is 0 Å². The van der Waals surface area contributed by atoms with Crippen LogP contribution in [0.1, 0.15) is 102 Å². The van der Waals surface area contributed by atoms with E-state index in [1.54, 1.807) is 0 Å². The van der Waals surface area contributed by atoms with E-state index in [0.29, 0.717) is 29.2 Å². The monoisotopic (exact) mass is 940 g/mol. The van der Waals surface area contributed by atoms with Crippen molar-refractivity contribution in [1.29, 1.82) is 0 Å². The van der Waals surface area contributed by atoms with Crippen molar-refractivity contribution in [3.63, 3.8) is 0 Å². The molecule has 0 atom stereocenters. The van der Waals surface area contributed by atoms with Crippen molar-refractivity contribution in [3.05, 3.63) is 138 Å². The van der Waals surface area contributed by atoms with Gasteiger partial charge < -0.3 is 5.11 Å². The Morgan fingerprint density at radius 2 is 1.28 bits per heavy atom. The van der Waals surface area contributed by atoms with E-state index >= 15 is 0 Å². The van der Waals surface area contributed by atoms with E-state index < -0.39 is 0 Å². The van der Waals surface area contributed by atoms with E-state index in [4.69, 9.17) is 15.0 Å². The molecular formula is C52H49N4OPt-. The maximum Gasteiger partial charge on any atom is 0.257 e. The van der Waals surface area contributed by atoms with Gasteiger partial charge in [0.05, 0.1) is 0 Å². The van der Waals surface area contributed by atoms with Gasteiger partial charge in [0.15, 0.2) is 11.5 Å². The molecule has 9 rings (SSSR count). The Morgan fingerprint density at radius 1 is 0.638 bits per heavy atom. The Bertz CT molecular complexity index is 3020. The molecule has 0 fully saturated rings. The second-order valence-electron chi connectivity index (χ2n) is 17.6. The summed E-state index contributed by atoms with van der Waals surface area (Å²) < 4.78 is 1.95. The molecule has 6 aromatic carbocycles. The van der Waals surface area contributed by atoms with Crippen LogP contribution >= 0.6 is 0 Å². The summed E-state index contributed by atoms with van der Waals surface area (Å²) in [5.41, 5.74) is 12.7. The molecule has 0 aliphatic carbocycles. The number of imidazole rings is 1. The molecule has 0 aliphatic heterocycles. The number of nitrogens with zero attached hydrogens (tertiary/aromatic N) is 4. The Balaban J connectivity index is 0.00000469. The molecule has 1 N–H and O–H groups in total. The summed E-state index contributed by atoms with van der Waals surface area (Å²) in [5, 5.41) is 17.5. The molecule has 9 aromatic rings. The van der Waals surface area contributed by atoms with Gasteiger partial charge in [-0.25, -0.2) is 0 Å². The summed E-state index contributed by atoms with van der Waals surface area (Å²) in [6.45, 7) is 20.4. The molecule has 294 valence electrons. The Labute approximate surface area is 355 Å². The Kier molecular flexibility index (Phi) is 10.0. The fourth-order valence-corrected chi connectivity index (χ4v) is 8.62. The van der Waals surface area contributed by atoms with E-state index in [2.05, 4.69) is 148 Å². The van der Waals surface area contributed by atoms with Crippen molar-refractivity contribution in [2.75, 3.05) is 0 Å². The Morgan fingerprint density at radius 3 is 1.93 bits per heavy atom. The molecule has 0 amide bonds. The second-order valence-corrected chi connectivity index (χ2v) is 17.6. The minimum Gasteiger partial charge on any atom is -0.491 e. The molecule has 0 saturated carbocycles. The molecule has 0 bridgehead atoms. The van der Waals surface area contributed by atoms with Crippen LogP contribution in [0.25, 0.3) is 82.6 Å². The van der Waals surface area contributed by atoms with E-state index in [1.807, 2.05) is 34.7 Å². The number of benzene rings is 6. The van der Waals surface area contributed by atoms with Crippen LogP contribution in [0.15, 0.2) is 109 Å². The first kappa shape index (κ1) is 39.4. The zero-order chi connectivity index (χ0) is 39.9. The van der Waals surface area contributed by atoms with Gasteiger partial charge in [-0.2, -0.15) is 4.98 Å². The third kappa shape index (κ3) is 6.58. The first-order valence-electron chi connectivity index (χ1n) is 20.2. The number of rotatable bonds is 6. The summed E-state index contributed by atoms with van der Waals surface area (Å²) in [7, 11) is 0. The summed E-state index contributed by atoms with van der Waals surface area (Å²) in [6.07, 6.45) is 4.17. The molecular weight excluding hydrogens is 892 g/mol. The van der Waals surface area contributed by atoms with Crippen molar-refractivity contribution < 1.29 is 26.2 Å². The van der Waals surface area contributed by atoms with Crippen LogP contribution in [0.2, 0.25) is 0 Å². The zero-order valence-electron chi connectivity index (χ0n) is 34.7. The van der Waals surface area contributed by atoms with Crippen LogP contribution in [0.3, 0.4) is 0 Å². The van der Waals surface area contributed by atoms with Crippen LogP contribution < -0.4 is 0 Å². The normalized spacial score (nSPS) is 12.3. The van der Waals surface area contributed by atoms with Gasteiger partial charge in [-0.1, -0.05) is 175 Å². The quantitative estimate of drug-likeness (QED) is 0.102. The largest absolute Gasteiger partial charge is 0.491 e. The zero-order valence-corrected chi connectivity index (χ0v) is 36.9. The van der Waals surface area contributed by atoms with E-state index in [0.717, 1.165) is 71.2 Å². The SMILES string of the molecule is CC(C)c1cc(C(C)C)c(-c2cnc3c(ccc4cc5cc(C(C)(C)C)c6cn7c(-c8ccccc8-c8ccccc8)nc(O)c7nc6c5[c-]c43)c2)c(C(C)C)c1.[Pt]. The summed E-state index contributed by atoms with van der Waals surface area (Å²) >= 11 is 0. The van der Waals surface area contributed by atoms with Crippen molar-refractivity contribution in [3.8, 4) is 39.5 Å². The van der Waals surface area contributed by atoms with Gasteiger partial charge in [0.25, 0.3) is 5.88 Å². The second kappa shape index (κ2) is 14.8. The van der Waals surface area contributed by atoms with Gasteiger partial charge in [-0.15, -0.1) is 12.1 Å². The smallest absolute Gasteiger partial charge is 0.257 e. The average molecular weight is 941 g/mol. The predicted octanol–water partition coefficient (Wildman–Crippen LogP) is 13.9. The molecule has 58 heavy (non-hydrogen) atoms. The number of hydrogen-bond acceptors (Lipinski definition) is 4. The van der Waals surface area contributed by atoms with Crippen molar-refractivity contribution in [2.24, 2.45) is 0 Å². The van der Waals surface area contributed by atoms with E-state index in [-0.39, 0.29) is 32.4 Å². The molecule has 5 nitrogen and oxygen atoms in total. The van der Waals surface area contributed by atoms with Crippen LogP contribution in [0, 0.1) is 6.07 Å². The molecule has 3 heterocycles. The number of hydrogen-bond donors (Lipinski definition) is 1. The van der Waals surface area contributed by atoms with Crippen LogP contribution in [0.5, 0.6) is 5.88 Å². The maximum absolute atomic E-state index is 11.4. The van der Waals surface area contributed by atoms with Crippen molar-refractivity contribution in [2.45, 2.75) is 85.5 Å². The fraction of sp³-hybridized carbons (Fsp3) is 0.250. The number of fused-ring (bicyclic) bond motifs is 7. The molecule has 6 heteroatoms. The molecule has 0 aliphatic rings. The third-order valence-corrected chi connectivity index (χ3v) is 11.6. The van der Waals surface area contributed by atoms with Gasteiger partial charge in [0.2, 0.25) is 0 Å². The Hall–Kier alpha value is -5.38. The number of pyridine rings is 1. The van der Waals surface area contributed by atoms with Crippen LogP contribution in [-0.2, 0) is 26.5 Å². The first-order chi connectivity index (χ1) is 27.3. The van der Waals surface area contributed by atoms with Crippen molar-refractivity contribution >= 4 is 49.0 Å². The van der Waals surface area contributed by atoms with Crippen molar-refractivity contribution in [1.82, 2.24) is 19.4 Å². The molecule has 0 spiro atoms. The number of aromatic hydroxyl groups is 1. The van der Waals surface area contributed by atoms with Gasteiger partial charge in [0, 0.05) is 50.1 Å². The molecule has 0 radical (unpaired) electrons. The van der Waals surface area contributed by atoms with Crippen LogP contribution in [0.4, 0.5) is 0 Å². The minimum absolute atomic E-state index is 0. The molecule has 0 saturated heterocycles. The third-order valence-electron chi connectivity index (χ3n) is 11.6. The summed E-state index contributed by atoms with van der Waals surface area (Å²) in [5.74, 6) is 1.74. The number of aromatic nitrogens is 4. The van der Waals surface area contributed by atoms with Crippen LogP contribution in [-0.4, -0.2) is 24.5 Å². The fourth-order valence-electron chi connectivity index (χ4n) is 8.62. The summed E-state index contributed by atoms with van der Waals surface area (Å²) in [6, 6.07) is 38.4. The van der Waals surface area contributed by atoms with Gasteiger partial charge in [-0.3, -0.25) is 14.4 Å². The van der Waals surface area contributed by atoms with Gasteiger partial charge >= 0.3 is 0 Å². The van der Waals surface area contributed by atoms with E-state index in [1.165, 1.54) is 22.3 Å². The molecule has 0 unspecified atom stereocenters. The van der Waals surface area contributed by atoms with E-state index in [9.17, 15) is 5.11 Å². The maximum atomic E-state index is 11.4. The topological polar surface area (TPSA) is 63.3 Å². The first-order valence-corrected chi connectivity index (χ1v) is 20.2. The summed E-state index contributed by atoms with van der Waals surface area (Å²) in [4.78, 5) is 15.2. The minimum atomic E-state index is -0.195.